The number of carbonyl (C=O) groups is 1. The lowest BCUT2D eigenvalue weighted by Crippen LogP contribution is -2.29. The lowest BCUT2D eigenvalue weighted by Gasteiger charge is -2.36. The highest BCUT2D eigenvalue weighted by atomic mass is 16.5. The molecule has 2 atom stereocenters. The van der Waals surface area contributed by atoms with E-state index in [0.29, 0.717) is 18.3 Å². The van der Waals surface area contributed by atoms with Gasteiger partial charge < -0.3 is 4.74 Å². The van der Waals surface area contributed by atoms with Crippen LogP contribution in [0.15, 0.2) is 11.1 Å². The number of allylic oxidation sites excluding steroid dienone is 2. The van der Waals surface area contributed by atoms with E-state index in [0.717, 1.165) is 6.42 Å². The maximum Gasteiger partial charge on any atom is 0.306 e. The molecule has 0 bridgehead atoms. The van der Waals surface area contributed by atoms with Crippen molar-refractivity contribution in [2.75, 3.05) is 7.11 Å². The van der Waals surface area contributed by atoms with Crippen molar-refractivity contribution in [3.8, 4) is 0 Å². The van der Waals surface area contributed by atoms with Crippen LogP contribution in [0, 0.1) is 22.7 Å². The van der Waals surface area contributed by atoms with Gasteiger partial charge in [-0.2, -0.15) is 0 Å². The number of rotatable bonds is 2. The second-order valence-electron chi connectivity index (χ2n) is 7.43. The van der Waals surface area contributed by atoms with Crippen LogP contribution < -0.4 is 0 Å². The average Bonchev–Trinajstić information content (AvgIpc) is 2.49. The minimum absolute atomic E-state index is 0. The predicted molar refractivity (Wildman–Crippen MR) is 84.5 cm³/mol. The van der Waals surface area contributed by atoms with Gasteiger partial charge in [-0.25, -0.2) is 0 Å². The molecule has 2 aliphatic rings. The molecule has 0 N–H and O–H groups in total. The van der Waals surface area contributed by atoms with Crippen molar-refractivity contribution in [3.05, 3.63) is 11.1 Å². The third-order valence-electron chi connectivity index (χ3n) is 5.99. The molecule has 0 spiro atoms. The second kappa shape index (κ2) is 5.54. The Kier molecular flexibility index (Phi) is 4.78. The first-order valence-electron chi connectivity index (χ1n) is 7.53. The predicted octanol–water partition coefficient (Wildman–Crippen LogP) is 4.98. The molecule has 2 unspecified atom stereocenters. The first kappa shape index (κ1) is 17.3. The summed E-state index contributed by atoms with van der Waals surface area (Å²) in [6.45, 7) is 11.8. The van der Waals surface area contributed by atoms with Gasteiger partial charge >= 0.3 is 5.97 Å². The molecule has 0 heterocycles. The van der Waals surface area contributed by atoms with Crippen LogP contribution in [0.2, 0.25) is 0 Å². The molecule has 2 aliphatic carbocycles. The maximum atomic E-state index is 11.7. The van der Waals surface area contributed by atoms with Crippen LogP contribution in [0.3, 0.4) is 0 Å². The summed E-state index contributed by atoms with van der Waals surface area (Å²) >= 11 is 0. The van der Waals surface area contributed by atoms with Crippen molar-refractivity contribution < 1.29 is 9.53 Å². The molecule has 0 aromatic carbocycles. The standard InChI is InChI=1S/C17H28O2.CH4/c1-11-16(2,3)13-9-7-8-12(10-14(18)19-6)15(13)17(11,4)5;/h11-12H,7-10H2,1-6H3;1H4. The summed E-state index contributed by atoms with van der Waals surface area (Å²) in [6.07, 6.45) is 4.13. The van der Waals surface area contributed by atoms with E-state index in [1.165, 1.54) is 20.0 Å². The first-order valence-corrected chi connectivity index (χ1v) is 7.53. The van der Waals surface area contributed by atoms with Gasteiger partial charge in [-0.05, 0) is 41.9 Å². The van der Waals surface area contributed by atoms with E-state index in [4.69, 9.17) is 4.74 Å². The number of methoxy groups -OCH3 is 1. The van der Waals surface area contributed by atoms with E-state index in [-0.39, 0.29) is 24.2 Å². The summed E-state index contributed by atoms with van der Waals surface area (Å²) in [6, 6.07) is 0. The van der Waals surface area contributed by atoms with Crippen LogP contribution >= 0.6 is 0 Å². The van der Waals surface area contributed by atoms with E-state index in [2.05, 4.69) is 34.6 Å². The van der Waals surface area contributed by atoms with E-state index in [9.17, 15) is 4.79 Å². The molecule has 0 aromatic rings. The summed E-state index contributed by atoms with van der Waals surface area (Å²) in [7, 11) is 1.49. The normalized spacial score (nSPS) is 30.5. The molecule has 2 rings (SSSR count). The molecule has 0 fully saturated rings. The molecule has 20 heavy (non-hydrogen) atoms. The highest BCUT2D eigenvalue weighted by Crippen LogP contribution is 2.62. The van der Waals surface area contributed by atoms with Crippen molar-refractivity contribution in [3.63, 3.8) is 0 Å². The highest BCUT2D eigenvalue weighted by molar-refractivity contribution is 5.70. The lowest BCUT2D eigenvalue weighted by atomic mass is 9.68. The van der Waals surface area contributed by atoms with Gasteiger partial charge in [-0.3, -0.25) is 4.79 Å². The summed E-state index contributed by atoms with van der Waals surface area (Å²) in [5.74, 6) is 0.964. The van der Waals surface area contributed by atoms with Gasteiger partial charge in [0.1, 0.15) is 0 Å². The topological polar surface area (TPSA) is 26.3 Å². The highest BCUT2D eigenvalue weighted by Gasteiger charge is 2.52. The van der Waals surface area contributed by atoms with Crippen molar-refractivity contribution in [1.29, 1.82) is 0 Å². The van der Waals surface area contributed by atoms with Crippen LogP contribution in [0.5, 0.6) is 0 Å². The molecule has 0 amide bonds. The Labute approximate surface area is 125 Å². The molecule has 116 valence electrons. The number of hydrogen-bond acceptors (Lipinski definition) is 2. The minimum atomic E-state index is -0.0630. The molecule has 2 nitrogen and oxygen atoms in total. The Bertz CT molecular complexity index is 415. The zero-order valence-electron chi connectivity index (χ0n) is 13.3. The Hall–Kier alpha value is -0.790. The maximum absolute atomic E-state index is 11.7. The van der Waals surface area contributed by atoms with Crippen LogP contribution in [0.4, 0.5) is 0 Å². The van der Waals surface area contributed by atoms with E-state index in [1.807, 2.05) is 0 Å². The second-order valence-corrected chi connectivity index (χ2v) is 7.43. The fraction of sp³-hybridized carbons (Fsp3) is 0.833. The number of hydrogen-bond donors (Lipinski definition) is 0. The van der Waals surface area contributed by atoms with E-state index in [1.54, 1.807) is 11.1 Å². The van der Waals surface area contributed by atoms with E-state index < -0.39 is 0 Å². The third kappa shape index (κ3) is 2.42. The fourth-order valence-electron chi connectivity index (χ4n) is 4.52. The fourth-order valence-corrected chi connectivity index (χ4v) is 4.52. The molecule has 0 aliphatic heterocycles. The third-order valence-corrected chi connectivity index (χ3v) is 5.99. The van der Waals surface area contributed by atoms with Gasteiger partial charge in [-0.15, -0.1) is 0 Å². The average molecular weight is 280 g/mol. The van der Waals surface area contributed by atoms with Gasteiger partial charge in [0.05, 0.1) is 13.5 Å². The molecular weight excluding hydrogens is 248 g/mol. The van der Waals surface area contributed by atoms with Gasteiger partial charge in [0, 0.05) is 0 Å². The Morgan fingerprint density at radius 3 is 2.40 bits per heavy atom. The first-order chi connectivity index (χ1) is 8.72. The molecule has 0 saturated heterocycles. The molecule has 0 saturated carbocycles. The summed E-state index contributed by atoms with van der Waals surface area (Å²) in [5, 5.41) is 0. The Morgan fingerprint density at radius 2 is 1.85 bits per heavy atom. The minimum Gasteiger partial charge on any atom is -0.469 e. The zero-order valence-corrected chi connectivity index (χ0v) is 13.3. The van der Waals surface area contributed by atoms with E-state index >= 15 is 0 Å². The number of carbonyl (C=O) groups excluding carboxylic acids is 1. The van der Waals surface area contributed by atoms with Gasteiger partial charge in [0.25, 0.3) is 0 Å². The van der Waals surface area contributed by atoms with Crippen molar-refractivity contribution >= 4 is 5.97 Å². The van der Waals surface area contributed by atoms with Crippen LogP contribution in [0.25, 0.3) is 0 Å². The number of ether oxygens (including phenoxy) is 1. The van der Waals surface area contributed by atoms with Crippen molar-refractivity contribution in [2.24, 2.45) is 22.7 Å². The van der Waals surface area contributed by atoms with Crippen LogP contribution in [-0.4, -0.2) is 13.1 Å². The smallest absolute Gasteiger partial charge is 0.306 e. The van der Waals surface area contributed by atoms with Gasteiger partial charge in [-0.1, -0.05) is 53.2 Å². The molecule has 0 aromatic heterocycles. The zero-order chi connectivity index (χ0) is 14.4. The van der Waals surface area contributed by atoms with Crippen LogP contribution in [-0.2, 0) is 9.53 Å². The quantitative estimate of drug-likeness (QED) is 0.526. The lowest BCUT2D eigenvalue weighted by molar-refractivity contribution is -0.141. The van der Waals surface area contributed by atoms with Crippen LogP contribution in [0.1, 0.15) is 67.7 Å². The molecule has 0 radical (unpaired) electrons. The number of esters is 1. The summed E-state index contributed by atoms with van der Waals surface area (Å²) < 4.78 is 4.89. The molecular formula is C18H32O2. The summed E-state index contributed by atoms with van der Waals surface area (Å²) in [4.78, 5) is 11.7. The SMILES string of the molecule is C.COC(=O)CC1CCCC2=C1C(C)(C)C(C)C2(C)C. The largest absolute Gasteiger partial charge is 0.469 e. The molecule has 2 heteroatoms. The monoisotopic (exact) mass is 280 g/mol. The van der Waals surface area contributed by atoms with Crippen molar-refractivity contribution in [2.45, 2.75) is 67.7 Å². The summed E-state index contributed by atoms with van der Waals surface area (Å²) in [5.41, 5.74) is 3.68. The van der Waals surface area contributed by atoms with Crippen molar-refractivity contribution in [1.82, 2.24) is 0 Å². The Morgan fingerprint density at radius 1 is 1.25 bits per heavy atom. The van der Waals surface area contributed by atoms with Gasteiger partial charge in [0.15, 0.2) is 0 Å². The van der Waals surface area contributed by atoms with Gasteiger partial charge in [0.2, 0.25) is 0 Å². The Balaban J connectivity index is 0.00000200.